The molecule has 0 aromatic rings. The Labute approximate surface area is 573 Å². The van der Waals surface area contributed by atoms with Crippen LogP contribution in [0, 0.1) is 5.92 Å². The maximum Gasteiger partial charge on any atom is 0.472 e. The van der Waals surface area contributed by atoms with E-state index in [1.165, 1.54) is 173 Å². The normalized spacial score (nSPS) is 14.1. The third-order valence-electron chi connectivity index (χ3n) is 16.9. The Morgan fingerprint density at radius 1 is 0.330 bits per heavy atom. The molecule has 19 heteroatoms. The van der Waals surface area contributed by atoms with Crippen LogP contribution in [0.3, 0.4) is 0 Å². The molecule has 0 aromatic heterocycles. The summed E-state index contributed by atoms with van der Waals surface area (Å²) in [5, 5.41) is 10.6. The van der Waals surface area contributed by atoms with Crippen LogP contribution < -0.4 is 0 Å². The van der Waals surface area contributed by atoms with E-state index < -0.39 is 97.5 Å². The molecule has 0 amide bonds. The molecular weight excluding hydrogens is 1230 g/mol. The third kappa shape index (κ3) is 68.1. The van der Waals surface area contributed by atoms with E-state index in [-0.39, 0.29) is 25.7 Å². The SMILES string of the molecule is CCCCCC/C=C\C=C/CCCCCCCC(=O)OC[C@H](COP(=O)(O)OC[C@@H](O)COP(=O)(O)OC[C@@H](COC(=O)CCCCCCCCCCC)OC(=O)CCCCCCCCCCCCCCCC)OC(=O)CCCCCCCCCCCCCCCC(C)C. The molecule has 2 unspecified atom stereocenters. The highest BCUT2D eigenvalue weighted by Gasteiger charge is 2.30. The first-order valence-corrected chi connectivity index (χ1v) is 41.4. The standard InChI is InChI=1S/C75H142O17P2/c1-6-9-12-15-18-21-23-25-27-31-34-39-44-49-54-59-73(78)86-65-71(92-75(80)61-56-51-46-41-36-32-28-29-33-38-42-47-52-57-68(4)5)67-90-94(83,84)88-63-69(76)62-87-93(81,82)89-66-70(64-85-72(77)58-53-48-43-37-20-17-14-11-8-3)91-74(79)60-55-50-45-40-35-30-26-24-22-19-16-13-10-7-2/h21,23,25,27,68-71,76H,6-20,22,24,26,28-67H2,1-5H3,(H,81,82)(H,83,84)/b23-21-,27-25-/t69-,70+,71+/m0/s1. The van der Waals surface area contributed by atoms with Gasteiger partial charge in [-0.2, -0.15) is 0 Å². The quantitative estimate of drug-likeness (QED) is 0.0169. The Hall–Kier alpha value is -2.46. The van der Waals surface area contributed by atoms with Gasteiger partial charge in [0.05, 0.1) is 26.4 Å². The van der Waals surface area contributed by atoms with Gasteiger partial charge in [0.1, 0.15) is 19.3 Å². The lowest BCUT2D eigenvalue weighted by Gasteiger charge is -2.21. The average molecular weight is 1380 g/mol. The molecule has 94 heavy (non-hydrogen) atoms. The average Bonchev–Trinajstić information content (AvgIpc) is 1.84. The number of esters is 4. The van der Waals surface area contributed by atoms with E-state index in [1.807, 2.05) is 0 Å². The van der Waals surface area contributed by atoms with Gasteiger partial charge in [0.2, 0.25) is 0 Å². The molecule has 0 radical (unpaired) electrons. The van der Waals surface area contributed by atoms with Gasteiger partial charge < -0.3 is 33.8 Å². The van der Waals surface area contributed by atoms with Crippen LogP contribution in [0.2, 0.25) is 0 Å². The molecule has 17 nitrogen and oxygen atoms in total. The predicted molar refractivity (Wildman–Crippen MR) is 381 cm³/mol. The van der Waals surface area contributed by atoms with E-state index >= 15 is 0 Å². The van der Waals surface area contributed by atoms with Crippen molar-refractivity contribution in [2.45, 2.75) is 387 Å². The van der Waals surface area contributed by atoms with Crippen LogP contribution in [-0.2, 0) is 65.4 Å². The third-order valence-corrected chi connectivity index (χ3v) is 18.8. The molecule has 0 aliphatic carbocycles. The number of hydrogen-bond donors (Lipinski definition) is 3. The van der Waals surface area contributed by atoms with Gasteiger partial charge >= 0.3 is 39.5 Å². The zero-order chi connectivity index (χ0) is 69.1. The van der Waals surface area contributed by atoms with Crippen LogP contribution >= 0.6 is 15.6 Å². The van der Waals surface area contributed by atoms with Crippen LogP contribution in [0.1, 0.15) is 369 Å². The Morgan fingerprint density at radius 3 is 0.872 bits per heavy atom. The molecule has 5 atom stereocenters. The number of allylic oxidation sites excluding steroid dienone is 4. The lowest BCUT2D eigenvalue weighted by atomic mass is 10.0. The van der Waals surface area contributed by atoms with Gasteiger partial charge in [-0.05, 0) is 57.3 Å². The lowest BCUT2D eigenvalue weighted by molar-refractivity contribution is -0.161. The van der Waals surface area contributed by atoms with Crippen molar-refractivity contribution in [2.75, 3.05) is 39.6 Å². The number of aliphatic hydroxyl groups is 1. The van der Waals surface area contributed by atoms with Crippen LogP contribution in [0.5, 0.6) is 0 Å². The number of phosphoric acid groups is 2. The Bertz CT molecular complexity index is 1900. The first-order valence-electron chi connectivity index (χ1n) is 38.5. The molecular formula is C75H142O17P2. The first-order chi connectivity index (χ1) is 45.5. The molecule has 0 aliphatic rings. The van der Waals surface area contributed by atoms with Gasteiger partial charge in [-0.25, -0.2) is 9.13 Å². The van der Waals surface area contributed by atoms with Crippen molar-refractivity contribution < 1.29 is 80.2 Å². The van der Waals surface area contributed by atoms with E-state index in [1.54, 1.807) is 0 Å². The van der Waals surface area contributed by atoms with Gasteiger partial charge in [0.15, 0.2) is 12.2 Å². The van der Waals surface area contributed by atoms with E-state index in [0.717, 1.165) is 115 Å². The number of unbranched alkanes of at least 4 members (excludes halogenated alkanes) is 42. The zero-order valence-corrected chi connectivity index (χ0v) is 62.4. The number of phosphoric ester groups is 2. The molecule has 0 saturated carbocycles. The Morgan fingerprint density at radius 2 is 0.574 bits per heavy atom. The van der Waals surface area contributed by atoms with Gasteiger partial charge in [-0.3, -0.25) is 37.3 Å². The number of hydrogen-bond acceptors (Lipinski definition) is 15. The van der Waals surface area contributed by atoms with Crippen LogP contribution in [0.4, 0.5) is 0 Å². The second kappa shape index (κ2) is 67.7. The molecule has 0 aliphatic heterocycles. The molecule has 0 fully saturated rings. The molecule has 0 heterocycles. The fourth-order valence-electron chi connectivity index (χ4n) is 11.0. The summed E-state index contributed by atoms with van der Waals surface area (Å²) in [7, 11) is -9.92. The van der Waals surface area contributed by atoms with Crippen molar-refractivity contribution in [2.24, 2.45) is 5.92 Å². The van der Waals surface area contributed by atoms with E-state index in [4.69, 9.17) is 37.0 Å². The largest absolute Gasteiger partial charge is 0.472 e. The Kier molecular flexibility index (Phi) is 65.9. The number of ether oxygens (including phenoxy) is 4. The van der Waals surface area contributed by atoms with Crippen LogP contribution in [-0.4, -0.2) is 96.7 Å². The number of carbonyl (C=O) groups is 4. The summed E-state index contributed by atoms with van der Waals surface area (Å²) in [5.74, 6) is -1.36. The summed E-state index contributed by atoms with van der Waals surface area (Å²) in [6.45, 7) is 7.22. The molecule has 0 spiro atoms. The summed E-state index contributed by atoms with van der Waals surface area (Å²) in [4.78, 5) is 72.7. The highest BCUT2D eigenvalue weighted by molar-refractivity contribution is 7.47. The minimum atomic E-state index is -4.96. The highest BCUT2D eigenvalue weighted by Crippen LogP contribution is 2.45. The maximum atomic E-state index is 13.1. The summed E-state index contributed by atoms with van der Waals surface area (Å²) < 4.78 is 68.4. The summed E-state index contributed by atoms with van der Waals surface area (Å²) in [6.07, 6.45) is 58.9. The van der Waals surface area contributed by atoms with Crippen molar-refractivity contribution in [1.82, 2.24) is 0 Å². The topological polar surface area (TPSA) is 237 Å². The summed E-state index contributed by atoms with van der Waals surface area (Å²) in [6, 6.07) is 0. The van der Waals surface area contributed by atoms with Crippen molar-refractivity contribution >= 4 is 39.5 Å². The fourth-order valence-corrected chi connectivity index (χ4v) is 12.6. The summed E-state index contributed by atoms with van der Waals surface area (Å²) >= 11 is 0. The van der Waals surface area contributed by atoms with Crippen LogP contribution in [0.15, 0.2) is 24.3 Å². The molecule has 0 rings (SSSR count). The van der Waals surface area contributed by atoms with Crippen molar-refractivity contribution in [3.63, 3.8) is 0 Å². The number of carbonyl (C=O) groups excluding carboxylic acids is 4. The van der Waals surface area contributed by atoms with Gasteiger partial charge in [0.25, 0.3) is 0 Å². The minimum absolute atomic E-state index is 0.101. The number of rotatable bonds is 73. The smallest absolute Gasteiger partial charge is 0.462 e. The molecule has 3 N–H and O–H groups in total. The maximum absolute atomic E-state index is 13.1. The number of aliphatic hydroxyl groups excluding tert-OH is 1. The molecule has 0 aromatic carbocycles. The van der Waals surface area contributed by atoms with E-state index in [0.29, 0.717) is 25.7 Å². The van der Waals surface area contributed by atoms with Crippen molar-refractivity contribution in [3.05, 3.63) is 24.3 Å². The van der Waals surface area contributed by atoms with Gasteiger partial charge in [-0.1, -0.05) is 316 Å². The van der Waals surface area contributed by atoms with Crippen molar-refractivity contribution in [3.8, 4) is 0 Å². The predicted octanol–water partition coefficient (Wildman–Crippen LogP) is 21.6. The lowest BCUT2D eigenvalue weighted by Crippen LogP contribution is -2.30. The highest BCUT2D eigenvalue weighted by atomic mass is 31.2. The second-order valence-corrected chi connectivity index (χ2v) is 29.7. The van der Waals surface area contributed by atoms with E-state index in [2.05, 4.69) is 58.9 Å². The van der Waals surface area contributed by atoms with Gasteiger partial charge in [0, 0.05) is 25.7 Å². The molecule has 554 valence electrons. The van der Waals surface area contributed by atoms with Crippen LogP contribution in [0.25, 0.3) is 0 Å². The molecule has 0 bridgehead atoms. The summed E-state index contributed by atoms with van der Waals surface area (Å²) in [5.41, 5.74) is 0. The monoisotopic (exact) mass is 1380 g/mol. The van der Waals surface area contributed by atoms with Crippen molar-refractivity contribution in [1.29, 1.82) is 0 Å². The van der Waals surface area contributed by atoms with E-state index in [9.17, 15) is 43.2 Å². The fraction of sp³-hybridized carbons (Fsp3) is 0.893. The first kappa shape index (κ1) is 91.5. The molecule has 0 saturated heterocycles. The Balaban J connectivity index is 5.27. The minimum Gasteiger partial charge on any atom is -0.462 e. The zero-order valence-electron chi connectivity index (χ0n) is 60.6. The second-order valence-electron chi connectivity index (χ2n) is 26.8. The van der Waals surface area contributed by atoms with Gasteiger partial charge in [-0.15, -0.1) is 0 Å².